The Kier molecular flexibility index (Phi) is 3.17. The Morgan fingerprint density at radius 3 is 2.67 bits per heavy atom. The Bertz CT molecular complexity index is 517. The van der Waals surface area contributed by atoms with E-state index < -0.39 is 0 Å². The molecule has 6 heteroatoms. The zero-order valence-corrected chi connectivity index (χ0v) is 10.6. The number of H-pyrrole nitrogens is 1. The van der Waals surface area contributed by atoms with E-state index >= 15 is 0 Å². The minimum absolute atomic E-state index is 0.140. The molecule has 4 nitrogen and oxygen atoms in total. The number of halogens is 1. The van der Waals surface area contributed by atoms with Gasteiger partial charge in [-0.3, -0.25) is 9.67 Å². The number of rotatable bonds is 2. The van der Waals surface area contributed by atoms with Crippen molar-refractivity contribution in [2.75, 3.05) is 0 Å². The smallest absolute Gasteiger partial charge is 0.199 e. The van der Waals surface area contributed by atoms with Crippen molar-refractivity contribution in [3.05, 3.63) is 38.4 Å². The SMILES string of the molecule is OCc1n[nH]c(=S)n1-c1ccc(I)cc1. The second-order valence-electron chi connectivity index (χ2n) is 2.91. The van der Waals surface area contributed by atoms with Crippen LogP contribution in [0.4, 0.5) is 0 Å². The van der Waals surface area contributed by atoms with E-state index in [1.54, 1.807) is 4.57 Å². The molecular weight excluding hydrogens is 325 g/mol. The van der Waals surface area contributed by atoms with Crippen LogP contribution in [0, 0.1) is 8.34 Å². The lowest BCUT2D eigenvalue weighted by Gasteiger charge is -2.04. The van der Waals surface area contributed by atoms with Crippen LogP contribution in [0.25, 0.3) is 5.69 Å². The molecule has 0 bridgehead atoms. The summed E-state index contributed by atoms with van der Waals surface area (Å²) in [6, 6.07) is 7.83. The predicted octanol–water partition coefficient (Wildman–Crippen LogP) is 2.03. The van der Waals surface area contributed by atoms with Gasteiger partial charge in [0.1, 0.15) is 6.61 Å². The summed E-state index contributed by atoms with van der Waals surface area (Å²) in [6.07, 6.45) is 0. The molecule has 0 aliphatic heterocycles. The van der Waals surface area contributed by atoms with Crippen molar-refractivity contribution in [2.45, 2.75) is 6.61 Å². The molecule has 0 aliphatic carbocycles. The molecule has 2 N–H and O–H groups in total. The summed E-state index contributed by atoms with van der Waals surface area (Å²) in [5.41, 5.74) is 0.901. The topological polar surface area (TPSA) is 53.8 Å². The molecule has 2 rings (SSSR count). The highest BCUT2D eigenvalue weighted by molar-refractivity contribution is 14.1. The second kappa shape index (κ2) is 4.42. The molecule has 0 saturated heterocycles. The van der Waals surface area contributed by atoms with Crippen LogP contribution in [0.15, 0.2) is 24.3 Å². The van der Waals surface area contributed by atoms with Crippen molar-refractivity contribution >= 4 is 34.8 Å². The summed E-state index contributed by atoms with van der Waals surface area (Å²) in [4.78, 5) is 0. The molecule has 0 saturated carbocycles. The van der Waals surface area contributed by atoms with Crippen LogP contribution in [0.1, 0.15) is 5.82 Å². The third-order valence-electron chi connectivity index (χ3n) is 1.97. The highest BCUT2D eigenvalue weighted by Crippen LogP contribution is 2.13. The number of nitrogens with one attached hydrogen (secondary N) is 1. The van der Waals surface area contributed by atoms with Gasteiger partial charge in [-0.05, 0) is 59.1 Å². The van der Waals surface area contributed by atoms with Crippen molar-refractivity contribution in [3.63, 3.8) is 0 Å². The fourth-order valence-corrected chi connectivity index (χ4v) is 1.91. The van der Waals surface area contributed by atoms with Crippen LogP contribution >= 0.6 is 34.8 Å². The molecule has 2 aromatic rings. The van der Waals surface area contributed by atoms with Crippen molar-refractivity contribution in [1.82, 2.24) is 14.8 Å². The molecule has 0 amide bonds. The quantitative estimate of drug-likeness (QED) is 0.653. The van der Waals surface area contributed by atoms with Crippen molar-refractivity contribution in [2.24, 2.45) is 0 Å². The first-order valence-corrected chi connectivity index (χ1v) is 5.74. The summed E-state index contributed by atoms with van der Waals surface area (Å²) in [5, 5.41) is 15.7. The summed E-state index contributed by atoms with van der Waals surface area (Å²) >= 11 is 7.32. The van der Waals surface area contributed by atoms with E-state index in [0.29, 0.717) is 10.6 Å². The molecule has 0 spiro atoms. The van der Waals surface area contributed by atoms with Crippen LogP contribution < -0.4 is 0 Å². The van der Waals surface area contributed by atoms with Crippen LogP contribution in [0.5, 0.6) is 0 Å². The number of benzene rings is 1. The first-order valence-electron chi connectivity index (χ1n) is 4.25. The second-order valence-corrected chi connectivity index (χ2v) is 4.55. The average Bonchev–Trinajstić information content (AvgIpc) is 2.61. The van der Waals surface area contributed by atoms with Gasteiger partial charge in [0, 0.05) is 9.26 Å². The highest BCUT2D eigenvalue weighted by Gasteiger charge is 2.06. The van der Waals surface area contributed by atoms with Gasteiger partial charge in [-0.2, -0.15) is 5.10 Å². The monoisotopic (exact) mass is 333 g/mol. The molecule has 0 aliphatic rings. The normalized spacial score (nSPS) is 10.5. The summed E-state index contributed by atoms with van der Waals surface area (Å²) in [7, 11) is 0. The minimum atomic E-state index is -0.140. The number of aliphatic hydroxyl groups excluding tert-OH is 1. The summed E-state index contributed by atoms with van der Waals surface area (Å²) in [6.45, 7) is -0.140. The molecule has 1 aromatic carbocycles. The van der Waals surface area contributed by atoms with Gasteiger partial charge in [-0.1, -0.05) is 0 Å². The van der Waals surface area contributed by atoms with E-state index in [-0.39, 0.29) is 6.61 Å². The van der Waals surface area contributed by atoms with E-state index in [4.69, 9.17) is 17.3 Å². The summed E-state index contributed by atoms with van der Waals surface area (Å²) in [5.74, 6) is 0.515. The number of hydrogen-bond donors (Lipinski definition) is 2. The van der Waals surface area contributed by atoms with Crippen LogP contribution in [0.2, 0.25) is 0 Å². The number of nitrogens with zero attached hydrogens (tertiary/aromatic N) is 2. The molecule has 1 heterocycles. The molecule has 0 radical (unpaired) electrons. The predicted molar refractivity (Wildman–Crippen MR) is 67.4 cm³/mol. The zero-order valence-electron chi connectivity index (χ0n) is 7.64. The van der Waals surface area contributed by atoms with Crippen molar-refractivity contribution < 1.29 is 5.11 Å². The Labute approximate surface area is 105 Å². The summed E-state index contributed by atoms with van der Waals surface area (Å²) < 4.78 is 3.35. The number of hydrogen-bond acceptors (Lipinski definition) is 3. The van der Waals surface area contributed by atoms with E-state index in [1.165, 1.54) is 0 Å². The number of aromatic nitrogens is 3. The van der Waals surface area contributed by atoms with E-state index in [0.717, 1.165) is 9.26 Å². The first-order chi connectivity index (χ1) is 7.22. The lowest BCUT2D eigenvalue weighted by Crippen LogP contribution is -2.01. The van der Waals surface area contributed by atoms with Gasteiger partial charge in [0.15, 0.2) is 10.6 Å². The zero-order chi connectivity index (χ0) is 10.8. The third-order valence-corrected chi connectivity index (χ3v) is 2.96. The molecule has 0 atom stereocenters. The van der Waals surface area contributed by atoms with Gasteiger partial charge in [0.2, 0.25) is 0 Å². The fraction of sp³-hybridized carbons (Fsp3) is 0.111. The molecular formula is C9H8IN3OS. The Balaban J connectivity index is 2.57. The maximum atomic E-state index is 9.10. The molecule has 15 heavy (non-hydrogen) atoms. The van der Waals surface area contributed by atoms with Crippen molar-refractivity contribution in [1.29, 1.82) is 0 Å². The standard InChI is InChI=1S/C9H8IN3OS/c10-6-1-3-7(4-2-6)13-8(5-14)11-12-9(13)15/h1-4,14H,5H2,(H,12,15). The van der Waals surface area contributed by atoms with Gasteiger partial charge in [-0.25, -0.2) is 0 Å². The average molecular weight is 333 g/mol. The van der Waals surface area contributed by atoms with Gasteiger partial charge in [0.25, 0.3) is 0 Å². The number of aromatic amines is 1. The van der Waals surface area contributed by atoms with Crippen molar-refractivity contribution in [3.8, 4) is 5.69 Å². The largest absolute Gasteiger partial charge is 0.388 e. The van der Waals surface area contributed by atoms with Gasteiger partial charge >= 0.3 is 0 Å². The number of aliphatic hydroxyl groups is 1. The molecule has 0 fully saturated rings. The van der Waals surface area contributed by atoms with E-state index in [9.17, 15) is 0 Å². The van der Waals surface area contributed by atoms with Gasteiger partial charge in [0.05, 0.1) is 0 Å². The molecule has 1 aromatic heterocycles. The molecule has 0 unspecified atom stereocenters. The minimum Gasteiger partial charge on any atom is -0.388 e. The lowest BCUT2D eigenvalue weighted by molar-refractivity contribution is 0.269. The van der Waals surface area contributed by atoms with E-state index in [1.807, 2.05) is 24.3 Å². The Hall–Kier alpha value is -0.730. The third kappa shape index (κ3) is 2.11. The fourth-order valence-electron chi connectivity index (χ4n) is 1.29. The van der Waals surface area contributed by atoms with Crippen LogP contribution in [-0.4, -0.2) is 19.9 Å². The first kappa shape index (κ1) is 10.8. The van der Waals surface area contributed by atoms with Crippen LogP contribution in [-0.2, 0) is 6.61 Å². The Morgan fingerprint density at radius 1 is 1.40 bits per heavy atom. The molecule has 78 valence electrons. The lowest BCUT2D eigenvalue weighted by atomic mass is 10.3. The van der Waals surface area contributed by atoms with Gasteiger partial charge in [-0.15, -0.1) is 0 Å². The maximum absolute atomic E-state index is 9.10. The highest BCUT2D eigenvalue weighted by atomic mass is 127. The van der Waals surface area contributed by atoms with E-state index in [2.05, 4.69) is 32.8 Å². The van der Waals surface area contributed by atoms with Gasteiger partial charge < -0.3 is 5.11 Å². The Morgan fingerprint density at radius 2 is 2.07 bits per heavy atom. The maximum Gasteiger partial charge on any atom is 0.199 e. The van der Waals surface area contributed by atoms with Crippen LogP contribution in [0.3, 0.4) is 0 Å².